The molecule has 2 nitrogen and oxygen atoms in total. The van der Waals surface area contributed by atoms with Gasteiger partial charge in [0.05, 0.1) is 0 Å². The van der Waals surface area contributed by atoms with Crippen molar-refractivity contribution in [1.29, 1.82) is 0 Å². The molecule has 2 atom stereocenters. The van der Waals surface area contributed by atoms with E-state index in [2.05, 4.69) is 39.9 Å². The van der Waals surface area contributed by atoms with Crippen molar-refractivity contribution in [2.24, 2.45) is 16.8 Å². The highest BCUT2D eigenvalue weighted by molar-refractivity contribution is 5.87. The van der Waals surface area contributed by atoms with Crippen LogP contribution in [-0.4, -0.2) is 17.9 Å². The predicted molar refractivity (Wildman–Crippen MR) is 76.6 cm³/mol. The van der Waals surface area contributed by atoms with Crippen LogP contribution in [-0.2, 0) is 0 Å². The molecule has 0 aliphatic carbocycles. The summed E-state index contributed by atoms with van der Waals surface area (Å²) in [5, 5.41) is 3.59. The Hall–Kier alpha value is -0.370. The van der Waals surface area contributed by atoms with E-state index < -0.39 is 0 Å². The van der Waals surface area contributed by atoms with E-state index >= 15 is 0 Å². The fourth-order valence-corrected chi connectivity index (χ4v) is 2.46. The molecule has 1 aliphatic heterocycles. The lowest BCUT2D eigenvalue weighted by atomic mass is 9.94. The van der Waals surface area contributed by atoms with E-state index in [0.717, 1.165) is 18.9 Å². The quantitative estimate of drug-likeness (QED) is 0.743. The van der Waals surface area contributed by atoms with Crippen LogP contribution in [0.15, 0.2) is 4.99 Å². The summed E-state index contributed by atoms with van der Waals surface area (Å²) in [6, 6.07) is 0. The third-order valence-electron chi connectivity index (χ3n) is 3.90. The fraction of sp³-hybridized carbons (Fsp3) is 0.933. The highest BCUT2D eigenvalue weighted by Crippen LogP contribution is 2.23. The summed E-state index contributed by atoms with van der Waals surface area (Å²) in [4.78, 5) is 4.99. The van der Waals surface area contributed by atoms with Crippen LogP contribution in [0, 0.1) is 11.8 Å². The van der Waals surface area contributed by atoms with E-state index in [1.54, 1.807) is 0 Å². The third kappa shape index (κ3) is 4.79. The van der Waals surface area contributed by atoms with Crippen molar-refractivity contribution in [3.05, 3.63) is 0 Å². The van der Waals surface area contributed by atoms with Crippen LogP contribution >= 0.6 is 0 Å². The van der Waals surface area contributed by atoms with E-state index in [9.17, 15) is 0 Å². The summed E-state index contributed by atoms with van der Waals surface area (Å²) in [7, 11) is 0. The molecule has 17 heavy (non-hydrogen) atoms. The fourth-order valence-electron chi connectivity index (χ4n) is 2.46. The first kappa shape index (κ1) is 14.7. The zero-order valence-electron chi connectivity index (χ0n) is 12.3. The van der Waals surface area contributed by atoms with E-state index in [1.807, 2.05) is 0 Å². The standard InChI is InChI=1S/C15H30N2/c1-6-13(4)14-9-11-16-15(5,17-14)10-7-8-12(2)3/h12-13,16H,6-11H2,1-5H3. The lowest BCUT2D eigenvalue weighted by molar-refractivity contribution is 0.314. The van der Waals surface area contributed by atoms with Gasteiger partial charge in [-0.1, -0.05) is 34.1 Å². The normalized spacial score (nSPS) is 27.1. The lowest BCUT2D eigenvalue weighted by Gasteiger charge is -2.34. The molecule has 0 radical (unpaired) electrons. The Kier molecular flexibility index (Phi) is 5.64. The van der Waals surface area contributed by atoms with Crippen LogP contribution in [0.4, 0.5) is 0 Å². The van der Waals surface area contributed by atoms with Gasteiger partial charge in [-0.15, -0.1) is 0 Å². The molecule has 0 aromatic carbocycles. The second-order valence-corrected chi connectivity index (χ2v) is 6.15. The van der Waals surface area contributed by atoms with Crippen LogP contribution < -0.4 is 5.32 Å². The summed E-state index contributed by atoms with van der Waals surface area (Å²) < 4.78 is 0. The van der Waals surface area contributed by atoms with Gasteiger partial charge in [0.1, 0.15) is 5.66 Å². The lowest BCUT2D eigenvalue weighted by Crippen LogP contribution is -2.46. The second-order valence-electron chi connectivity index (χ2n) is 6.15. The molecular formula is C15H30N2. The maximum absolute atomic E-state index is 4.99. The topological polar surface area (TPSA) is 24.4 Å². The summed E-state index contributed by atoms with van der Waals surface area (Å²) >= 11 is 0. The van der Waals surface area contributed by atoms with Gasteiger partial charge in [0.15, 0.2) is 0 Å². The van der Waals surface area contributed by atoms with Crippen LogP contribution in [0.25, 0.3) is 0 Å². The van der Waals surface area contributed by atoms with Gasteiger partial charge in [-0.2, -0.15) is 0 Å². The summed E-state index contributed by atoms with van der Waals surface area (Å²) in [6.45, 7) is 12.5. The summed E-state index contributed by atoms with van der Waals surface area (Å²) in [5.74, 6) is 1.46. The van der Waals surface area contributed by atoms with Gasteiger partial charge in [-0.05, 0) is 44.4 Å². The molecule has 0 spiro atoms. The average molecular weight is 238 g/mol. The summed E-state index contributed by atoms with van der Waals surface area (Å²) in [6.07, 6.45) is 6.10. The Morgan fingerprint density at radius 2 is 2.06 bits per heavy atom. The van der Waals surface area contributed by atoms with Gasteiger partial charge < -0.3 is 0 Å². The minimum atomic E-state index is 0.00586. The molecule has 2 unspecified atom stereocenters. The van der Waals surface area contributed by atoms with E-state index in [1.165, 1.54) is 31.4 Å². The maximum Gasteiger partial charge on any atom is 0.107 e. The number of rotatable bonds is 6. The van der Waals surface area contributed by atoms with E-state index in [0.29, 0.717) is 5.92 Å². The molecule has 0 amide bonds. The minimum Gasteiger partial charge on any atom is -0.293 e. The first-order valence-corrected chi connectivity index (χ1v) is 7.30. The molecule has 0 fully saturated rings. The van der Waals surface area contributed by atoms with Crippen LogP contribution in [0.3, 0.4) is 0 Å². The number of nitrogens with zero attached hydrogens (tertiary/aromatic N) is 1. The van der Waals surface area contributed by atoms with Crippen LogP contribution in [0.2, 0.25) is 0 Å². The Morgan fingerprint density at radius 1 is 1.35 bits per heavy atom. The SMILES string of the molecule is CCC(C)C1=NC(C)(CCCC(C)C)NCC1. The smallest absolute Gasteiger partial charge is 0.107 e. The van der Waals surface area contributed by atoms with Gasteiger partial charge >= 0.3 is 0 Å². The van der Waals surface area contributed by atoms with Gasteiger partial charge in [-0.3, -0.25) is 10.3 Å². The predicted octanol–water partition coefficient (Wildman–Crippen LogP) is 4.01. The molecule has 0 saturated heterocycles. The highest BCUT2D eigenvalue weighted by atomic mass is 15.2. The van der Waals surface area contributed by atoms with Crippen molar-refractivity contribution >= 4 is 5.71 Å². The molecule has 0 aromatic rings. The number of hydrogen-bond donors (Lipinski definition) is 1. The monoisotopic (exact) mass is 238 g/mol. The highest BCUT2D eigenvalue weighted by Gasteiger charge is 2.27. The number of hydrogen-bond acceptors (Lipinski definition) is 2. The van der Waals surface area contributed by atoms with Crippen molar-refractivity contribution < 1.29 is 0 Å². The molecule has 1 N–H and O–H groups in total. The van der Waals surface area contributed by atoms with Crippen LogP contribution in [0.5, 0.6) is 0 Å². The Balaban J connectivity index is 2.55. The van der Waals surface area contributed by atoms with Gasteiger partial charge in [0, 0.05) is 12.3 Å². The Labute approximate surface area is 107 Å². The molecule has 2 heteroatoms. The van der Waals surface area contributed by atoms with Crippen molar-refractivity contribution in [2.45, 2.75) is 72.4 Å². The third-order valence-corrected chi connectivity index (χ3v) is 3.90. The summed E-state index contributed by atoms with van der Waals surface area (Å²) in [5.41, 5.74) is 1.43. The van der Waals surface area contributed by atoms with Gasteiger partial charge in [0.2, 0.25) is 0 Å². The molecule has 100 valence electrons. The first-order chi connectivity index (χ1) is 7.97. The van der Waals surface area contributed by atoms with Gasteiger partial charge in [0.25, 0.3) is 0 Å². The average Bonchev–Trinajstić information content (AvgIpc) is 2.27. The maximum atomic E-state index is 4.99. The van der Waals surface area contributed by atoms with Gasteiger partial charge in [-0.25, -0.2) is 0 Å². The van der Waals surface area contributed by atoms with E-state index in [4.69, 9.17) is 4.99 Å². The zero-order valence-corrected chi connectivity index (χ0v) is 12.3. The van der Waals surface area contributed by atoms with Crippen LogP contribution in [0.1, 0.15) is 66.7 Å². The number of aliphatic imine (C=N–C) groups is 1. The van der Waals surface area contributed by atoms with Crippen molar-refractivity contribution in [3.8, 4) is 0 Å². The molecule has 1 heterocycles. The molecule has 1 aliphatic rings. The van der Waals surface area contributed by atoms with Crippen molar-refractivity contribution in [1.82, 2.24) is 5.32 Å². The number of nitrogens with one attached hydrogen (secondary N) is 1. The second kappa shape index (κ2) is 6.53. The molecule has 0 saturated carbocycles. The van der Waals surface area contributed by atoms with Crippen molar-refractivity contribution in [2.75, 3.05) is 6.54 Å². The Bertz CT molecular complexity index is 258. The van der Waals surface area contributed by atoms with Crippen molar-refractivity contribution in [3.63, 3.8) is 0 Å². The van der Waals surface area contributed by atoms with E-state index in [-0.39, 0.29) is 5.66 Å². The molecule has 0 bridgehead atoms. The minimum absolute atomic E-state index is 0.00586. The Morgan fingerprint density at radius 3 is 2.65 bits per heavy atom. The largest absolute Gasteiger partial charge is 0.293 e. The zero-order chi connectivity index (χ0) is 12.9. The molecule has 1 rings (SSSR count). The first-order valence-electron chi connectivity index (χ1n) is 7.30. The molecule has 0 aromatic heterocycles. The molecular weight excluding hydrogens is 208 g/mol.